The molecule has 5 nitrogen and oxygen atoms in total. The molecule has 1 N–H and O–H groups in total. The highest BCUT2D eigenvalue weighted by molar-refractivity contribution is 5.30. The van der Waals surface area contributed by atoms with Gasteiger partial charge in [-0.25, -0.2) is 4.63 Å². The van der Waals surface area contributed by atoms with Crippen LogP contribution in [0.15, 0.2) is 17.0 Å². The summed E-state index contributed by atoms with van der Waals surface area (Å²) in [6, 6.07) is 0.492. The number of nitrogens with zero attached hydrogens (tertiary/aromatic N) is 3. The number of rotatable bonds is 3. The first-order valence-electron chi connectivity index (χ1n) is 6.42. The van der Waals surface area contributed by atoms with Crippen molar-refractivity contribution in [1.29, 1.82) is 0 Å². The molecule has 1 aliphatic carbocycles. The lowest BCUT2D eigenvalue weighted by Gasteiger charge is -2.21. The summed E-state index contributed by atoms with van der Waals surface area (Å²) in [6.07, 6.45) is 8.11. The Bertz CT molecular complexity index is 543. The van der Waals surface area contributed by atoms with Crippen LogP contribution in [-0.2, 0) is 13.0 Å². The molecule has 0 bridgehead atoms. The maximum Gasteiger partial charge on any atom is 0.127 e. The third kappa shape index (κ3) is 1.95. The standard InChI is InChI=1S/C13H18N4O/c1-9-13(16-18-15-9)8-17-6-10-4-3-5-12(14-2)11(10)7-17/h6-7,12,14H,3-5,8H2,1-2H3. The molecule has 2 aromatic rings. The minimum Gasteiger partial charge on any atom is -0.348 e. The number of aryl methyl sites for hydroxylation is 2. The quantitative estimate of drug-likeness (QED) is 0.897. The summed E-state index contributed by atoms with van der Waals surface area (Å²) in [7, 11) is 2.03. The summed E-state index contributed by atoms with van der Waals surface area (Å²) >= 11 is 0. The van der Waals surface area contributed by atoms with Crippen molar-refractivity contribution in [1.82, 2.24) is 20.2 Å². The van der Waals surface area contributed by atoms with E-state index in [-0.39, 0.29) is 0 Å². The van der Waals surface area contributed by atoms with Crippen LogP contribution in [-0.4, -0.2) is 21.9 Å². The van der Waals surface area contributed by atoms with Crippen molar-refractivity contribution in [2.45, 2.75) is 38.8 Å². The van der Waals surface area contributed by atoms with Gasteiger partial charge in [-0.2, -0.15) is 0 Å². The molecule has 0 spiro atoms. The van der Waals surface area contributed by atoms with Gasteiger partial charge in [-0.3, -0.25) is 0 Å². The van der Waals surface area contributed by atoms with Crippen molar-refractivity contribution in [3.8, 4) is 0 Å². The molecule has 0 amide bonds. The Kier molecular flexibility index (Phi) is 2.91. The van der Waals surface area contributed by atoms with Gasteiger partial charge in [0.2, 0.25) is 0 Å². The predicted molar refractivity (Wildman–Crippen MR) is 67.3 cm³/mol. The van der Waals surface area contributed by atoms with E-state index >= 15 is 0 Å². The molecule has 0 aliphatic heterocycles. The van der Waals surface area contributed by atoms with Crippen molar-refractivity contribution in [3.63, 3.8) is 0 Å². The zero-order chi connectivity index (χ0) is 12.5. The Morgan fingerprint density at radius 1 is 1.44 bits per heavy atom. The van der Waals surface area contributed by atoms with Crippen LogP contribution in [0, 0.1) is 6.92 Å². The average molecular weight is 246 g/mol. The Hall–Kier alpha value is -1.62. The molecule has 1 unspecified atom stereocenters. The van der Waals surface area contributed by atoms with Crippen LogP contribution in [0.2, 0.25) is 0 Å². The smallest absolute Gasteiger partial charge is 0.127 e. The van der Waals surface area contributed by atoms with E-state index < -0.39 is 0 Å². The fourth-order valence-electron chi connectivity index (χ4n) is 2.71. The number of hydrogen-bond acceptors (Lipinski definition) is 4. The van der Waals surface area contributed by atoms with Gasteiger partial charge in [0.15, 0.2) is 0 Å². The lowest BCUT2D eigenvalue weighted by Crippen LogP contribution is -2.20. The molecule has 0 fully saturated rings. The van der Waals surface area contributed by atoms with Gasteiger partial charge in [-0.15, -0.1) is 0 Å². The molecule has 1 aliphatic rings. The highest BCUT2D eigenvalue weighted by Gasteiger charge is 2.21. The van der Waals surface area contributed by atoms with Crippen molar-refractivity contribution in [2.75, 3.05) is 7.05 Å². The maximum atomic E-state index is 4.74. The van der Waals surface area contributed by atoms with Gasteiger partial charge in [0, 0.05) is 18.4 Å². The third-order valence-electron chi connectivity index (χ3n) is 3.74. The van der Waals surface area contributed by atoms with E-state index in [4.69, 9.17) is 4.63 Å². The molecule has 96 valence electrons. The van der Waals surface area contributed by atoms with Crippen LogP contribution in [0.25, 0.3) is 0 Å². The Morgan fingerprint density at radius 3 is 3.06 bits per heavy atom. The maximum absolute atomic E-state index is 4.74. The number of hydrogen-bond donors (Lipinski definition) is 1. The van der Waals surface area contributed by atoms with Crippen molar-refractivity contribution >= 4 is 0 Å². The summed E-state index contributed by atoms with van der Waals surface area (Å²) in [5.74, 6) is 0. The van der Waals surface area contributed by atoms with E-state index in [0.717, 1.165) is 17.9 Å². The molecule has 1 atom stereocenters. The zero-order valence-corrected chi connectivity index (χ0v) is 10.8. The minimum absolute atomic E-state index is 0.492. The summed E-state index contributed by atoms with van der Waals surface area (Å²) in [5.41, 5.74) is 4.66. The number of fused-ring (bicyclic) bond motifs is 1. The lowest BCUT2D eigenvalue weighted by atomic mass is 9.91. The van der Waals surface area contributed by atoms with E-state index in [2.05, 4.69) is 32.6 Å². The molecule has 18 heavy (non-hydrogen) atoms. The van der Waals surface area contributed by atoms with Gasteiger partial charge in [-0.05, 0) is 44.4 Å². The first kappa shape index (κ1) is 11.5. The predicted octanol–water partition coefficient (Wildman–Crippen LogP) is 1.82. The first-order valence-corrected chi connectivity index (χ1v) is 6.42. The zero-order valence-electron chi connectivity index (χ0n) is 10.8. The van der Waals surface area contributed by atoms with Crippen LogP contribution < -0.4 is 5.32 Å². The molecular formula is C13H18N4O. The lowest BCUT2D eigenvalue weighted by molar-refractivity contribution is 0.300. The van der Waals surface area contributed by atoms with Gasteiger partial charge >= 0.3 is 0 Å². The van der Waals surface area contributed by atoms with Crippen molar-refractivity contribution in [3.05, 3.63) is 34.9 Å². The summed E-state index contributed by atoms with van der Waals surface area (Å²) in [6.45, 7) is 2.66. The SMILES string of the molecule is CNC1CCCc2cn(Cc3nonc3C)cc21. The molecule has 5 heteroatoms. The second-order valence-electron chi connectivity index (χ2n) is 4.94. The average Bonchev–Trinajstić information content (AvgIpc) is 2.95. The largest absolute Gasteiger partial charge is 0.348 e. The molecular weight excluding hydrogens is 228 g/mol. The van der Waals surface area contributed by atoms with Crippen LogP contribution in [0.5, 0.6) is 0 Å². The Labute approximate surface area is 106 Å². The van der Waals surface area contributed by atoms with Crippen LogP contribution >= 0.6 is 0 Å². The van der Waals surface area contributed by atoms with Crippen molar-refractivity contribution < 1.29 is 4.63 Å². The molecule has 0 saturated carbocycles. The fourth-order valence-corrected chi connectivity index (χ4v) is 2.71. The molecule has 2 aromatic heterocycles. The summed E-state index contributed by atoms with van der Waals surface area (Å²) < 4.78 is 6.92. The van der Waals surface area contributed by atoms with Crippen LogP contribution in [0.1, 0.15) is 41.4 Å². The van der Waals surface area contributed by atoms with E-state index in [9.17, 15) is 0 Å². The highest BCUT2D eigenvalue weighted by atomic mass is 16.6. The van der Waals surface area contributed by atoms with E-state index in [0.29, 0.717) is 6.04 Å². The monoisotopic (exact) mass is 246 g/mol. The number of nitrogens with one attached hydrogen (secondary N) is 1. The van der Waals surface area contributed by atoms with Gasteiger partial charge in [0.25, 0.3) is 0 Å². The van der Waals surface area contributed by atoms with Gasteiger partial charge in [0.1, 0.15) is 11.4 Å². The Morgan fingerprint density at radius 2 is 2.33 bits per heavy atom. The molecule has 0 radical (unpaired) electrons. The minimum atomic E-state index is 0.492. The van der Waals surface area contributed by atoms with Crippen molar-refractivity contribution in [2.24, 2.45) is 0 Å². The summed E-state index contributed by atoms with van der Waals surface area (Å²) in [5, 5.41) is 11.1. The van der Waals surface area contributed by atoms with Crippen LogP contribution in [0.3, 0.4) is 0 Å². The fraction of sp³-hybridized carbons (Fsp3) is 0.538. The van der Waals surface area contributed by atoms with Gasteiger partial charge in [-0.1, -0.05) is 10.3 Å². The van der Waals surface area contributed by atoms with E-state index in [1.165, 1.54) is 30.4 Å². The molecule has 0 aromatic carbocycles. The number of aromatic nitrogens is 3. The van der Waals surface area contributed by atoms with E-state index in [1.54, 1.807) is 0 Å². The topological polar surface area (TPSA) is 55.9 Å². The molecule has 2 heterocycles. The Balaban J connectivity index is 1.86. The third-order valence-corrected chi connectivity index (χ3v) is 3.74. The van der Waals surface area contributed by atoms with Crippen LogP contribution in [0.4, 0.5) is 0 Å². The van der Waals surface area contributed by atoms with E-state index in [1.807, 2.05) is 14.0 Å². The molecule has 0 saturated heterocycles. The first-order chi connectivity index (χ1) is 8.78. The summed E-state index contributed by atoms with van der Waals surface area (Å²) in [4.78, 5) is 0. The highest BCUT2D eigenvalue weighted by Crippen LogP contribution is 2.30. The van der Waals surface area contributed by atoms with Gasteiger partial charge in [0.05, 0.1) is 6.54 Å². The van der Waals surface area contributed by atoms with Gasteiger partial charge < -0.3 is 9.88 Å². The second kappa shape index (κ2) is 4.57. The second-order valence-corrected chi connectivity index (χ2v) is 4.94. The normalized spacial score (nSPS) is 18.9. The molecule has 3 rings (SSSR count).